The Balaban J connectivity index is 0.00000408. The van der Waals surface area contributed by atoms with Gasteiger partial charge in [0.25, 0.3) is 5.91 Å². The molecule has 3 rings (SSSR count). The summed E-state index contributed by atoms with van der Waals surface area (Å²) in [5.41, 5.74) is 1.20. The topological polar surface area (TPSA) is 73.8 Å². The Kier molecular flexibility index (Phi) is 10.3. The summed E-state index contributed by atoms with van der Waals surface area (Å²) in [5, 5.41) is 1.21. The quantitative estimate of drug-likeness (QED) is 0.359. The lowest BCUT2D eigenvalue weighted by Crippen LogP contribution is -2.33. The van der Waals surface area contributed by atoms with Crippen LogP contribution in [0.2, 0.25) is 5.02 Å². The first kappa shape index (κ1) is 28.5. The van der Waals surface area contributed by atoms with E-state index in [-0.39, 0.29) is 23.2 Å². The molecule has 3 aromatic rings. The molecule has 0 saturated carbocycles. The number of sulfonamides is 1. The lowest BCUT2D eigenvalue weighted by molar-refractivity contribution is 0.0986. The van der Waals surface area contributed by atoms with Crippen molar-refractivity contribution in [2.75, 3.05) is 45.2 Å². The van der Waals surface area contributed by atoms with E-state index in [4.69, 9.17) is 11.6 Å². The number of carbonyl (C=O) groups is 1. The summed E-state index contributed by atoms with van der Waals surface area (Å²) in [6.45, 7) is 5.69. The van der Waals surface area contributed by atoms with E-state index in [1.807, 2.05) is 26.2 Å². The maximum Gasteiger partial charge on any atom is 0.260 e. The van der Waals surface area contributed by atoms with E-state index in [9.17, 15) is 13.2 Å². The monoisotopic (exact) mass is 544 g/mol. The van der Waals surface area contributed by atoms with E-state index in [0.29, 0.717) is 35.4 Å². The summed E-state index contributed by atoms with van der Waals surface area (Å²) < 4.78 is 27.8. The van der Waals surface area contributed by atoms with Gasteiger partial charge in [-0.15, -0.1) is 12.4 Å². The highest BCUT2D eigenvalue weighted by Gasteiger charge is 2.24. The summed E-state index contributed by atoms with van der Waals surface area (Å²) in [6, 6.07) is 11.6. The van der Waals surface area contributed by atoms with E-state index in [0.717, 1.165) is 23.2 Å². The molecule has 0 bridgehead atoms. The molecule has 1 aromatic heterocycles. The SMILES string of the molecule is CCN(CC)S(=O)(=O)c1ccc(C(=O)N(CCCN(C)C)c2nc3ccc(Cl)cc3s2)cc1.Cl. The Hall–Kier alpha value is -1.75. The van der Waals surface area contributed by atoms with Crippen LogP contribution >= 0.6 is 35.3 Å². The molecule has 0 N–H and O–H groups in total. The van der Waals surface area contributed by atoms with Gasteiger partial charge in [0.05, 0.1) is 15.1 Å². The zero-order valence-corrected chi connectivity index (χ0v) is 22.9. The van der Waals surface area contributed by atoms with Gasteiger partial charge >= 0.3 is 0 Å². The Morgan fingerprint density at radius 2 is 1.68 bits per heavy atom. The molecule has 2 aromatic carbocycles. The molecular weight excluding hydrogens is 515 g/mol. The molecule has 0 radical (unpaired) electrons. The van der Waals surface area contributed by atoms with Crippen LogP contribution in [0.3, 0.4) is 0 Å². The average Bonchev–Trinajstić information content (AvgIpc) is 3.19. The molecule has 0 fully saturated rings. The smallest absolute Gasteiger partial charge is 0.260 e. The van der Waals surface area contributed by atoms with E-state index >= 15 is 0 Å². The Bertz CT molecular complexity index is 1210. The number of fused-ring (bicyclic) bond motifs is 1. The number of nitrogens with zero attached hydrogens (tertiary/aromatic N) is 4. The molecule has 34 heavy (non-hydrogen) atoms. The molecule has 0 unspecified atom stereocenters. The number of anilines is 1. The van der Waals surface area contributed by atoms with Gasteiger partial charge in [-0.25, -0.2) is 13.4 Å². The van der Waals surface area contributed by atoms with Gasteiger partial charge in [-0.1, -0.05) is 36.8 Å². The summed E-state index contributed by atoms with van der Waals surface area (Å²) >= 11 is 7.53. The van der Waals surface area contributed by atoms with Gasteiger partial charge in [-0.3, -0.25) is 9.69 Å². The lowest BCUT2D eigenvalue weighted by atomic mass is 10.2. The molecule has 0 aliphatic heterocycles. The fourth-order valence-corrected chi connectivity index (χ4v) is 6.19. The second-order valence-corrected chi connectivity index (χ2v) is 11.2. The molecule has 0 aliphatic rings. The van der Waals surface area contributed by atoms with Gasteiger partial charge in [-0.05, 0) is 69.5 Å². The fraction of sp³-hybridized carbons (Fsp3) is 0.391. The van der Waals surface area contributed by atoms with Crippen LogP contribution in [-0.4, -0.2) is 68.8 Å². The zero-order chi connectivity index (χ0) is 24.2. The van der Waals surface area contributed by atoms with Gasteiger partial charge in [0, 0.05) is 30.2 Å². The Morgan fingerprint density at radius 3 is 2.26 bits per heavy atom. The van der Waals surface area contributed by atoms with Gasteiger partial charge in [0.15, 0.2) is 5.13 Å². The normalized spacial score (nSPS) is 11.7. The minimum atomic E-state index is -3.58. The highest BCUT2D eigenvalue weighted by atomic mass is 35.5. The van der Waals surface area contributed by atoms with Gasteiger partial charge in [-0.2, -0.15) is 4.31 Å². The molecule has 1 heterocycles. The van der Waals surface area contributed by atoms with E-state index in [1.165, 1.54) is 27.8 Å². The molecule has 0 saturated heterocycles. The van der Waals surface area contributed by atoms with Crippen molar-refractivity contribution in [2.45, 2.75) is 25.2 Å². The zero-order valence-electron chi connectivity index (χ0n) is 19.7. The second-order valence-electron chi connectivity index (χ2n) is 7.84. The molecule has 11 heteroatoms. The number of rotatable bonds is 10. The first-order chi connectivity index (χ1) is 15.7. The average molecular weight is 546 g/mol. The second kappa shape index (κ2) is 12.3. The van der Waals surface area contributed by atoms with Crippen LogP contribution in [0.1, 0.15) is 30.6 Å². The van der Waals surface area contributed by atoms with Crippen molar-refractivity contribution >= 4 is 66.6 Å². The molecular formula is C23H30Cl2N4O3S2. The number of amides is 1. The third-order valence-electron chi connectivity index (χ3n) is 5.25. The van der Waals surface area contributed by atoms with Crippen LogP contribution in [0.4, 0.5) is 5.13 Å². The van der Waals surface area contributed by atoms with Crippen LogP contribution in [-0.2, 0) is 10.0 Å². The van der Waals surface area contributed by atoms with Crippen molar-refractivity contribution in [1.82, 2.24) is 14.2 Å². The summed E-state index contributed by atoms with van der Waals surface area (Å²) in [5.74, 6) is -0.217. The van der Waals surface area contributed by atoms with Crippen LogP contribution in [0, 0.1) is 0 Å². The maximum atomic E-state index is 13.5. The number of halogens is 2. The standard InChI is InChI=1S/C23H29ClN4O3S2.ClH/c1-5-27(6-2)33(30,31)19-11-8-17(9-12-19)22(29)28(15-7-14-26(3)4)23-25-20-13-10-18(24)16-21(20)32-23;/h8-13,16H,5-7,14-15H2,1-4H3;1H. The van der Waals surface area contributed by atoms with Gasteiger partial charge in [0.1, 0.15) is 0 Å². The fourth-order valence-electron chi connectivity index (χ4n) is 3.47. The molecule has 0 spiro atoms. The van der Waals surface area contributed by atoms with Gasteiger partial charge in [0.2, 0.25) is 10.0 Å². The molecule has 186 valence electrons. The highest BCUT2D eigenvalue weighted by molar-refractivity contribution is 7.89. The third-order valence-corrected chi connectivity index (χ3v) is 8.59. The van der Waals surface area contributed by atoms with E-state index < -0.39 is 10.0 Å². The number of hydrogen-bond donors (Lipinski definition) is 0. The lowest BCUT2D eigenvalue weighted by Gasteiger charge is -2.22. The molecule has 1 amide bonds. The summed E-state index contributed by atoms with van der Waals surface area (Å²) in [6.07, 6.45) is 0.768. The minimum Gasteiger partial charge on any atom is -0.309 e. The van der Waals surface area contributed by atoms with Crippen LogP contribution < -0.4 is 4.90 Å². The van der Waals surface area contributed by atoms with Crippen molar-refractivity contribution < 1.29 is 13.2 Å². The first-order valence-corrected chi connectivity index (χ1v) is 13.4. The van der Waals surface area contributed by atoms with Crippen molar-refractivity contribution in [2.24, 2.45) is 0 Å². The largest absolute Gasteiger partial charge is 0.309 e. The Morgan fingerprint density at radius 1 is 1.03 bits per heavy atom. The number of benzene rings is 2. The van der Waals surface area contributed by atoms with Crippen LogP contribution in [0.5, 0.6) is 0 Å². The van der Waals surface area contributed by atoms with Gasteiger partial charge < -0.3 is 4.90 Å². The summed E-state index contributed by atoms with van der Waals surface area (Å²) in [4.78, 5) is 22.0. The predicted molar refractivity (Wildman–Crippen MR) is 143 cm³/mol. The minimum absolute atomic E-state index is 0. The van der Waals surface area contributed by atoms with E-state index in [2.05, 4.69) is 9.88 Å². The molecule has 0 atom stereocenters. The number of aromatic nitrogens is 1. The van der Waals surface area contributed by atoms with E-state index in [1.54, 1.807) is 36.9 Å². The highest BCUT2D eigenvalue weighted by Crippen LogP contribution is 2.32. The number of hydrogen-bond acceptors (Lipinski definition) is 6. The van der Waals surface area contributed by atoms with Crippen molar-refractivity contribution in [1.29, 1.82) is 0 Å². The van der Waals surface area contributed by atoms with Crippen molar-refractivity contribution in [3.05, 3.63) is 53.1 Å². The number of carbonyl (C=O) groups excluding carboxylic acids is 1. The molecule has 0 aliphatic carbocycles. The third kappa shape index (κ3) is 6.47. The van der Waals surface area contributed by atoms with Crippen LogP contribution in [0.25, 0.3) is 10.2 Å². The summed E-state index contributed by atoms with van der Waals surface area (Å²) in [7, 11) is 0.393. The first-order valence-electron chi connectivity index (χ1n) is 10.8. The van der Waals surface area contributed by atoms with Crippen molar-refractivity contribution in [3.63, 3.8) is 0 Å². The van der Waals surface area contributed by atoms with Crippen LogP contribution in [0.15, 0.2) is 47.4 Å². The molecule has 7 nitrogen and oxygen atoms in total. The predicted octanol–water partition coefficient (Wildman–Crippen LogP) is 5.00. The van der Waals surface area contributed by atoms with Crippen molar-refractivity contribution in [3.8, 4) is 0 Å². The number of thiazole rings is 1. The Labute approximate surface area is 216 Å². The maximum absolute atomic E-state index is 13.5.